The Morgan fingerprint density at radius 2 is 2.04 bits per heavy atom. The highest BCUT2D eigenvalue weighted by Gasteiger charge is 2.48. The zero-order valence-electron chi connectivity index (χ0n) is 16.9. The SMILES string of the molecule is CN=C(NCc1cnc(N(C)C)n1C)N1CCS(=O)(=O)C2(CCCCC2)C1. The number of anilines is 1. The lowest BCUT2D eigenvalue weighted by molar-refractivity contribution is 0.274. The Balaban J connectivity index is 1.71. The van der Waals surface area contributed by atoms with E-state index in [0.717, 1.165) is 49.7 Å². The molecule has 1 saturated carbocycles. The standard InChI is InChI=1S/C18H32N6O2S/c1-19-16(20-12-15-13-21-17(22(2)3)23(15)4)24-10-11-27(25,26)18(14-24)8-6-5-7-9-18/h13H,5-12,14H2,1-4H3,(H,19,20). The summed E-state index contributed by atoms with van der Waals surface area (Å²) in [6.07, 6.45) is 6.55. The van der Waals surface area contributed by atoms with Crippen molar-refractivity contribution in [1.29, 1.82) is 0 Å². The molecule has 0 aromatic carbocycles. The van der Waals surface area contributed by atoms with Gasteiger partial charge in [0.15, 0.2) is 15.8 Å². The maximum absolute atomic E-state index is 12.8. The van der Waals surface area contributed by atoms with Crippen LogP contribution in [0.3, 0.4) is 0 Å². The molecule has 1 N–H and O–H groups in total. The molecule has 0 unspecified atom stereocenters. The summed E-state index contributed by atoms with van der Waals surface area (Å²) in [7, 11) is 4.64. The lowest BCUT2D eigenvalue weighted by atomic mass is 9.87. The Bertz CT molecular complexity index is 793. The summed E-state index contributed by atoms with van der Waals surface area (Å²) in [6, 6.07) is 0. The van der Waals surface area contributed by atoms with Gasteiger partial charge in [-0.1, -0.05) is 19.3 Å². The Hall–Kier alpha value is -1.77. The van der Waals surface area contributed by atoms with Gasteiger partial charge in [-0.05, 0) is 12.8 Å². The molecule has 9 heteroatoms. The van der Waals surface area contributed by atoms with Crippen molar-refractivity contribution in [1.82, 2.24) is 19.8 Å². The molecule has 152 valence electrons. The summed E-state index contributed by atoms with van der Waals surface area (Å²) in [4.78, 5) is 12.9. The van der Waals surface area contributed by atoms with E-state index in [-0.39, 0.29) is 5.75 Å². The van der Waals surface area contributed by atoms with Gasteiger partial charge in [0.1, 0.15) is 0 Å². The van der Waals surface area contributed by atoms with Gasteiger partial charge >= 0.3 is 0 Å². The van der Waals surface area contributed by atoms with E-state index in [9.17, 15) is 8.42 Å². The number of aliphatic imine (C=N–C) groups is 1. The van der Waals surface area contributed by atoms with Crippen molar-refractivity contribution in [3.05, 3.63) is 11.9 Å². The molecule has 1 aromatic rings. The maximum Gasteiger partial charge on any atom is 0.204 e. The van der Waals surface area contributed by atoms with Crippen molar-refractivity contribution in [3.63, 3.8) is 0 Å². The molecule has 0 atom stereocenters. The van der Waals surface area contributed by atoms with Crippen molar-refractivity contribution in [2.75, 3.05) is 44.9 Å². The number of nitrogens with zero attached hydrogens (tertiary/aromatic N) is 5. The quantitative estimate of drug-likeness (QED) is 0.606. The zero-order valence-corrected chi connectivity index (χ0v) is 17.7. The fourth-order valence-corrected chi connectivity index (χ4v) is 6.49. The molecular formula is C18H32N6O2S. The molecule has 0 amide bonds. The number of aromatic nitrogens is 2. The van der Waals surface area contributed by atoms with Crippen molar-refractivity contribution in [3.8, 4) is 0 Å². The first-order chi connectivity index (χ1) is 12.8. The number of sulfone groups is 1. The van der Waals surface area contributed by atoms with E-state index in [0.29, 0.717) is 19.6 Å². The van der Waals surface area contributed by atoms with Gasteiger partial charge in [-0.15, -0.1) is 0 Å². The van der Waals surface area contributed by atoms with Gasteiger partial charge in [0.2, 0.25) is 5.95 Å². The van der Waals surface area contributed by atoms with E-state index in [1.807, 2.05) is 36.8 Å². The van der Waals surface area contributed by atoms with Crippen LogP contribution in [0.4, 0.5) is 5.95 Å². The monoisotopic (exact) mass is 396 g/mol. The van der Waals surface area contributed by atoms with Gasteiger partial charge in [0, 0.05) is 41.3 Å². The smallest absolute Gasteiger partial charge is 0.204 e. The van der Waals surface area contributed by atoms with E-state index in [4.69, 9.17) is 0 Å². The molecule has 3 rings (SSSR count). The largest absolute Gasteiger partial charge is 0.351 e. The molecule has 0 bridgehead atoms. The van der Waals surface area contributed by atoms with E-state index < -0.39 is 14.6 Å². The number of rotatable bonds is 3. The van der Waals surface area contributed by atoms with Crippen molar-refractivity contribution >= 4 is 21.7 Å². The molecule has 8 nitrogen and oxygen atoms in total. The van der Waals surface area contributed by atoms with Gasteiger partial charge in [-0.25, -0.2) is 13.4 Å². The van der Waals surface area contributed by atoms with E-state index >= 15 is 0 Å². The van der Waals surface area contributed by atoms with Gasteiger partial charge in [-0.3, -0.25) is 4.99 Å². The summed E-state index contributed by atoms with van der Waals surface area (Å²) in [5, 5.41) is 3.40. The number of guanidine groups is 1. The number of hydrogen-bond acceptors (Lipinski definition) is 5. The third-order valence-corrected chi connectivity index (χ3v) is 8.51. The first-order valence-corrected chi connectivity index (χ1v) is 11.3. The fraction of sp³-hybridized carbons (Fsp3) is 0.778. The summed E-state index contributed by atoms with van der Waals surface area (Å²) < 4.78 is 27.1. The normalized spacial score (nSPS) is 22.1. The Morgan fingerprint density at radius 1 is 1.33 bits per heavy atom. The van der Waals surface area contributed by atoms with Gasteiger partial charge in [0.05, 0.1) is 28.9 Å². The van der Waals surface area contributed by atoms with Crippen LogP contribution in [-0.2, 0) is 23.4 Å². The van der Waals surface area contributed by atoms with Crippen LogP contribution in [0.2, 0.25) is 0 Å². The minimum Gasteiger partial charge on any atom is -0.351 e. The number of imidazole rings is 1. The highest BCUT2D eigenvalue weighted by Crippen LogP contribution is 2.38. The molecule has 2 fully saturated rings. The number of hydrogen-bond donors (Lipinski definition) is 1. The fourth-order valence-electron chi connectivity index (χ4n) is 4.33. The van der Waals surface area contributed by atoms with Crippen LogP contribution >= 0.6 is 0 Å². The van der Waals surface area contributed by atoms with Gasteiger partial charge in [-0.2, -0.15) is 0 Å². The lowest BCUT2D eigenvalue weighted by Gasteiger charge is -2.45. The molecule has 1 spiro atoms. The summed E-state index contributed by atoms with van der Waals surface area (Å²) in [5.41, 5.74) is 1.05. The Labute approximate surface area is 162 Å². The van der Waals surface area contributed by atoms with E-state index in [1.54, 1.807) is 7.05 Å². The van der Waals surface area contributed by atoms with Crippen LogP contribution in [0.1, 0.15) is 37.8 Å². The summed E-state index contributed by atoms with van der Waals surface area (Å²) >= 11 is 0. The molecule has 2 heterocycles. The van der Waals surface area contributed by atoms with Crippen LogP contribution in [-0.4, -0.2) is 73.6 Å². The molecule has 0 radical (unpaired) electrons. The number of nitrogens with one attached hydrogen (secondary N) is 1. The average Bonchev–Trinajstić information content (AvgIpc) is 3.00. The second kappa shape index (κ2) is 7.69. The third-order valence-electron chi connectivity index (χ3n) is 5.93. The average molecular weight is 397 g/mol. The predicted octanol–water partition coefficient (Wildman–Crippen LogP) is 0.995. The zero-order chi connectivity index (χ0) is 19.7. The van der Waals surface area contributed by atoms with Gasteiger partial charge < -0.3 is 19.7 Å². The van der Waals surface area contributed by atoms with Crippen LogP contribution in [0, 0.1) is 0 Å². The summed E-state index contributed by atoms with van der Waals surface area (Å²) in [6.45, 7) is 1.64. The van der Waals surface area contributed by atoms with Gasteiger partial charge in [0.25, 0.3) is 0 Å². The van der Waals surface area contributed by atoms with Crippen molar-refractivity contribution in [2.24, 2.45) is 12.0 Å². The molecule has 1 aliphatic heterocycles. The molecular weight excluding hydrogens is 364 g/mol. The van der Waals surface area contributed by atoms with Crippen LogP contribution in [0.15, 0.2) is 11.2 Å². The van der Waals surface area contributed by atoms with E-state index in [2.05, 4.69) is 20.2 Å². The predicted molar refractivity (Wildman–Crippen MR) is 109 cm³/mol. The highest BCUT2D eigenvalue weighted by atomic mass is 32.2. The highest BCUT2D eigenvalue weighted by molar-refractivity contribution is 7.92. The van der Waals surface area contributed by atoms with E-state index in [1.165, 1.54) is 0 Å². The topological polar surface area (TPSA) is 82.8 Å². The van der Waals surface area contributed by atoms with Crippen molar-refractivity contribution < 1.29 is 8.42 Å². The van der Waals surface area contributed by atoms with Crippen molar-refractivity contribution in [2.45, 2.75) is 43.4 Å². The molecule has 2 aliphatic rings. The minimum atomic E-state index is -3.04. The first-order valence-electron chi connectivity index (χ1n) is 9.65. The molecule has 1 saturated heterocycles. The molecule has 27 heavy (non-hydrogen) atoms. The minimum absolute atomic E-state index is 0.212. The van der Waals surface area contributed by atoms with Crippen LogP contribution in [0.25, 0.3) is 0 Å². The summed E-state index contributed by atoms with van der Waals surface area (Å²) in [5.74, 6) is 1.87. The molecule has 1 aromatic heterocycles. The second-order valence-electron chi connectivity index (χ2n) is 7.89. The first kappa shape index (κ1) is 20.0. The Kier molecular flexibility index (Phi) is 5.69. The Morgan fingerprint density at radius 3 is 2.63 bits per heavy atom. The van der Waals surface area contributed by atoms with Crippen LogP contribution < -0.4 is 10.2 Å². The lowest BCUT2D eigenvalue weighted by Crippen LogP contribution is -2.60. The third kappa shape index (κ3) is 3.79. The molecule has 1 aliphatic carbocycles. The second-order valence-corrected chi connectivity index (χ2v) is 10.4. The maximum atomic E-state index is 12.8. The van der Waals surface area contributed by atoms with Crippen LogP contribution in [0.5, 0.6) is 0 Å².